The van der Waals surface area contributed by atoms with E-state index in [-0.39, 0.29) is 5.78 Å². The number of aliphatic hydroxyl groups is 1. The Balaban J connectivity index is 0.000000161. The highest BCUT2D eigenvalue weighted by Crippen LogP contribution is 2.20. The minimum Gasteiger partial charge on any atom is -0.384 e. The zero-order chi connectivity index (χ0) is 19.6. The predicted octanol–water partition coefficient (Wildman–Crippen LogP) is 5.69. The second-order valence-corrected chi connectivity index (χ2v) is 6.29. The van der Waals surface area contributed by atoms with Crippen molar-refractivity contribution in [3.8, 4) is 0 Å². The Hall–Kier alpha value is -3.49. The second-order valence-electron chi connectivity index (χ2n) is 6.29. The van der Waals surface area contributed by atoms with Gasteiger partial charge in [-0.2, -0.15) is 0 Å². The predicted molar refractivity (Wildman–Crippen MR) is 113 cm³/mol. The van der Waals surface area contributed by atoms with Crippen molar-refractivity contribution in [1.82, 2.24) is 0 Å². The number of carbonyl (C=O) groups is 1. The number of hydrogen-bond donors (Lipinski definition) is 1. The SMILES string of the molecule is O=C(c1ccccc1)c1ccccc1.OC(c1ccccc1)c1ccccc1. The number of rotatable bonds is 4. The quantitative estimate of drug-likeness (QED) is 0.471. The number of aliphatic hydroxyl groups excluding tert-OH is 1. The van der Waals surface area contributed by atoms with E-state index >= 15 is 0 Å². The monoisotopic (exact) mass is 366 g/mol. The molecule has 0 aliphatic heterocycles. The highest BCUT2D eigenvalue weighted by molar-refractivity contribution is 6.08. The summed E-state index contributed by atoms with van der Waals surface area (Å²) in [5.41, 5.74) is 3.33. The van der Waals surface area contributed by atoms with Crippen LogP contribution in [0.5, 0.6) is 0 Å². The van der Waals surface area contributed by atoms with Crippen LogP contribution in [0.3, 0.4) is 0 Å². The van der Waals surface area contributed by atoms with E-state index < -0.39 is 6.10 Å². The zero-order valence-electron chi connectivity index (χ0n) is 15.5. The first-order valence-electron chi connectivity index (χ1n) is 9.18. The number of carbonyl (C=O) groups excluding carboxylic acids is 1. The molecule has 0 fully saturated rings. The molecule has 0 saturated heterocycles. The Bertz CT molecular complexity index is 885. The molecule has 0 aliphatic carbocycles. The summed E-state index contributed by atoms with van der Waals surface area (Å²) in [6, 6.07) is 37.9. The molecule has 4 aromatic rings. The minimum absolute atomic E-state index is 0.0752. The van der Waals surface area contributed by atoms with Crippen molar-refractivity contribution in [2.45, 2.75) is 6.10 Å². The molecule has 2 heteroatoms. The van der Waals surface area contributed by atoms with E-state index in [0.29, 0.717) is 0 Å². The highest BCUT2D eigenvalue weighted by Gasteiger charge is 2.08. The first-order chi connectivity index (χ1) is 13.8. The zero-order valence-corrected chi connectivity index (χ0v) is 15.5. The summed E-state index contributed by atoms with van der Waals surface area (Å²) in [5.74, 6) is 0.0752. The van der Waals surface area contributed by atoms with Gasteiger partial charge >= 0.3 is 0 Å². The molecule has 0 amide bonds. The van der Waals surface area contributed by atoms with E-state index in [2.05, 4.69) is 0 Å². The van der Waals surface area contributed by atoms with Crippen LogP contribution in [-0.2, 0) is 0 Å². The lowest BCUT2D eigenvalue weighted by Crippen LogP contribution is -1.99. The van der Waals surface area contributed by atoms with Gasteiger partial charge in [-0.3, -0.25) is 4.79 Å². The van der Waals surface area contributed by atoms with Gasteiger partial charge in [0.15, 0.2) is 5.78 Å². The van der Waals surface area contributed by atoms with Crippen molar-refractivity contribution in [1.29, 1.82) is 0 Å². The van der Waals surface area contributed by atoms with Gasteiger partial charge in [-0.25, -0.2) is 0 Å². The molecule has 138 valence electrons. The van der Waals surface area contributed by atoms with Crippen LogP contribution in [0.15, 0.2) is 121 Å². The smallest absolute Gasteiger partial charge is 0.193 e. The van der Waals surface area contributed by atoms with Gasteiger partial charge in [0.05, 0.1) is 0 Å². The third kappa shape index (κ3) is 5.26. The maximum Gasteiger partial charge on any atom is 0.193 e. The van der Waals surface area contributed by atoms with E-state index in [4.69, 9.17) is 0 Å². The lowest BCUT2D eigenvalue weighted by Gasteiger charge is -2.10. The van der Waals surface area contributed by atoms with Crippen molar-refractivity contribution < 1.29 is 9.90 Å². The van der Waals surface area contributed by atoms with Gasteiger partial charge in [0, 0.05) is 11.1 Å². The van der Waals surface area contributed by atoms with Crippen molar-refractivity contribution >= 4 is 5.78 Å². The van der Waals surface area contributed by atoms with Crippen molar-refractivity contribution in [3.63, 3.8) is 0 Å². The summed E-state index contributed by atoms with van der Waals surface area (Å²) < 4.78 is 0. The lowest BCUT2D eigenvalue weighted by molar-refractivity contribution is 0.103. The van der Waals surface area contributed by atoms with Crippen LogP contribution in [0, 0.1) is 0 Å². The minimum atomic E-state index is -0.516. The van der Waals surface area contributed by atoms with Crippen LogP contribution >= 0.6 is 0 Å². The van der Waals surface area contributed by atoms with Crippen LogP contribution in [0.1, 0.15) is 33.2 Å². The first kappa shape index (κ1) is 19.3. The molecule has 0 aromatic heterocycles. The molecule has 0 heterocycles. The fourth-order valence-electron chi connectivity index (χ4n) is 2.81. The molecule has 0 bridgehead atoms. The van der Waals surface area contributed by atoms with Crippen LogP contribution in [0.4, 0.5) is 0 Å². The average Bonchev–Trinajstić information content (AvgIpc) is 2.81. The molecule has 4 aromatic carbocycles. The first-order valence-corrected chi connectivity index (χ1v) is 9.18. The van der Waals surface area contributed by atoms with Gasteiger partial charge < -0.3 is 5.11 Å². The molecule has 0 unspecified atom stereocenters. The van der Waals surface area contributed by atoms with Crippen molar-refractivity contribution in [2.75, 3.05) is 0 Å². The van der Waals surface area contributed by atoms with E-state index in [0.717, 1.165) is 22.3 Å². The van der Waals surface area contributed by atoms with E-state index in [9.17, 15) is 9.90 Å². The van der Waals surface area contributed by atoms with Gasteiger partial charge in [-0.1, -0.05) is 121 Å². The van der Waals surface area contributed by atoms with Gasteiger partial charge in [-0.05, 0) is 11.1 Å². The summed E-state index contributed by atoms with van der Waals surface area (Å²) in [7, 11) is 0. The summed E-state index contributed by atoms with van der Waals surface area (Å²) >= 11 is 0. The van der Waals surface area contributed by atoms with Gasteiger partial charge in [0.1, 0.15) is 6.10 Å². The number of hydrogen-bond acceptors (Lipinski definition) is 2. The number of benzene rings is 4. The maximum absolute atomic E-state index is 11.8. The van der Waals surface area contributed by atoms with Crippen LogP contribution in [0.2, 0.25) is 0 Å². The molecule has 0 aliphatic rings. The van der Waals surface area contributed by atoms with Gasteiger partial charge in [0.2, 0.25) is 0 Å². The molecular formula is C26H22O2. The van der Waals surface area contributed by atoms with Crippen LogP contribution in [-0.4, -0.2) is 10.9 Å². The molecule has 28 heavy (non-hydrogen) atoms. The Labute approximate surface area is 165 Å². The molecular weight excluding hydrogens is 344 g/mol. The normalized spacial score (nSPS) is 10.1. The Morgan fingerprint density at radius 1 is 0.500 bits per heavy atom. The Morgan fingerprint density at radius 3 is 1.11 bits per heavy atom. The lowest BCUT2D eigenvalue weighted by atomic mass is 10.0. The number of ketones is 1. The fraction of sp³-hybridized carbons (Fsp3) is 0.0385. The summed E-state index contributed by atoms with van der Waals surface area (Å²) in [4.78, 5) is 11.8. The van der Waals surface area contributed by atoms with Gasteiger partial charge in [0.25, 0.3) is 0 Å². The van der Waals surface area contributed by atoms with E-state index in [1.54, 1.807) is 0 Å². The molecule has 4 rings (SSSR count). The van der Waals surface area contributed by atoms with Crippen molar-refractivity contribution in [3.05, 3.63) is 144 Å². The topological polar surface area (TPSA) is 37.3 Å². The fourth-order valence-corrected chi connectivity index (χ4v) is 2.81. The third-order valence-electron chi connectivity index (χ3n) is 4.30. The van der Waals surface area contributed by atoms with Gasteiger partial charge in [-0.15, -0.1) is 0 Å². The summed E-state index contributed by atoms with van der Waals surface area (Å²) in [6.45, 7) is 0. The molecule has 0 radical (unpaired) electrons. The summed E-state index contributed by atoms with van der Waals surface area (Å²) in [6.07, 6.45) is -0.516. The van der Waals surface area contributed by atoms with Crippen molar-refractivity contribution in [2.24, 2.45) is 0 Å². The molecule has 2 nitrogen and oxygen atoms in total. The standard InChI is InChI=1S/C13H12O.C13H10O/c2*14-13(11-7-3-1-4-8-11)12-9-5-2-6-10-12/h1-10,13-14H;1-10H. The van der Waals surface area contributed by atoms with E-state index in [1.807, 2.05) is 121 Å². The Kier molecular flexibility index (Phi) is 6.89. The maximum atomic E-state index is 11.8. The average molecular weight is 366 g/mol. The molecule has 0 atom stereocenters. The van der Waals surface area contributed by atoms with E-state index in [1.165, 1.54) is 0 Å². The summed E-state index contributed by atoms with van der Waals surface area (Å²) in [5, 5.41) is 9.99. The van der Waals surface area contributed by atoms with Crippen LogP contribution < -0.4 is 0 Å². The highest BCUT2D eigenvalue weighted by atomic mass is 16.3. The Morgan fingerprint density at radius 2 is 0.786 bits per heavy atom. The second kappa shape index (κ2) is 10.0. The molecule has 1 N–H and O–H groups in total. The molecule has 0 spiro atoms. The third-order valence-corrected chi connectivity index (χ3v) is 4.30. The molecule has 0 saturated carbocycles. The van der Waals surface area contributed by atoms with Crippen LogP contribution in [0.25, 0.3) is 0 Å². The largest absolute Gasteiger partial charge is 0.384 e.